The van der Waals surface area contributed by atoms with Crippen molar-refractivity contribution >= 4 is 35.4 Å². The number of amidine groups is 1. The normalized spacial score (nSPS) is 16.4. The fraction of sp³-hybridized carbons (Fsp3) is 0.143. The molecule has 0 radical (unpaired) electrons. The lowest BCUT2D eigenvalue weighted by atomic mass is 10.0. The fourth-order valence-corrected chi connectivity index (χ4v) is 4.14. The zero-order valence-corrected chi connectivity index (χ0v) is 20.6. The van der Waals surface area contributed by atoms with Crippen LogP contribution < -0.4 is 16.0 Å². The van der Waals surface area contributed by atoms with E-state index in [0.29, 0.717) is 17.9 Å². The number of carbonyl (C=O) groups excluding carboxylic acids is 2. The lowest BCUT2D eigenvalue weighted by Crippen LogP contribution is -2.31. The second kappa shape index (κ2) is 10.6. The molecule has 11 heteroatoms. The van der Waals surface area contributed by atoms with Crippen LogP contribution >= 0.6 is 0 Å². The Labute approximate surface area is 222 Å². The lowest BCUT2D eigenvalue weighted by Gasteiger charge is -2.17. The van der Waals surface area contributed by atoms with Crippen molar-refractivity contribution < 1.29 is 18.4 Å². The number of halogens is 2. The van der Waals surface area contributed by atoms with Gasteiger partial charge in [0, 0.05) is 19.0 Å². The van der Waals surface area contributed by atoms with Gasteiger partial charge in [0.05, 0.1) is 17.2 Å². The Morgan fingerprint density at radius 3 is 2.69 bits per heavy atom. The first-order valence-corrected chi connectivity index (χ1v) is 11.9. The summed E-state index contributed by atoms with van der Waals surface area (Å²) >= 11 is 0. The SMILES string of the molecule is C[C@H](NC(=O)c1cc(C#N)cnc1NCc1ccc(C2=CC3NC(=O)N=C3N=C2)cc1)c1ccc(F)c(F)c1. The Morgan fingerprint density at radius 2 is 1.95 bits per heavy atom. The van der Waals surface area contributed by atoms with Gasteiger partial charge in [0.25, 0.3) is 5.91 Å². The number of allylic oxidation sites excluding steroid dienone is 1. The maximum atomic E-state index is 13.6. The van der Waals surface area contributed by atoms with Crippen LogP contribution in [0.2, 0.25) is 0 Å². The Kier molecular flexibility index (Phi) is 6.93. The van der Waals surface area contributed by atoms with E-state index in [4.69, 9.17) is 0 Å². The first kappa shape index (κ1) is 25.4. The van der Waals surface area contributed by atoms with Crippen LogP contribution in [0.1, 0.15) is 45.6 Å². The third kappa shape index (κ3) is 5.55. The van der Waals surface area contributed by atoms with Crippen molar-refractivity contribution in [2.24, 2.45) is 9.98 Å². The van der Waals surface area contributed by atoms with Crippen LogP contribution in [0.4, 0.5) is 19.4 Å². The van der Waals surface area contributed by atoms with E-state index in [-0.39, 0.29) is 23.0 Å². The summed E-state index contributed by atoms with van der Waals surface area (Å²) < 4.78 is 26.9. The van der Waals surface area contributed by atoms with Crippen LogP contribution in [-0.2, 0) is 6.54 Å². The Hall–Kier alpha value is -5.24. The summed E-state index contributed by atoms with van der Waals surface area (Å²) in [5, 5.41) is 17.9. The summed E-state index contributed by atoms with van der Waals surface area (Å²) in [5.41, 5.74) is 3.38. The van der Waals surface area contributed by atoms with E-state index in [9.17, 15) is 23.6 Å². The highest BCUT2D eigenvalue weighted by Gasteiger charge is 2.26. The molecule has 9 nitrogen and oxygen atoms in total. The number of rotatable bonds is 7. The fourth-order valence-electron chi connectivity index (χ4n) is 4.14. The van der Waals surface area contributed by atoms with Gasteiger partial charge in [-0.2, -0.15) is 10.3 Å². The standard InChI is InChI=1S/C28H21F2N7O2/c1-15(19-6-7-22(29)23(30)9-19)35-27(38)21-8-17(11-31)13-33-25(21)32-12-16-2-4-18(5-3-16)20-10-24-26(34-14-20)37-28(39)36-24/h2-10,13-15,24H,12H2,1H3,(H,32,33)(H,35,38)(H,36,39)/t15-,24?/m0/s1. The van der Waals surface area contributed by atoms with Crippen molar-refractivity contribution in [3.05, 3.63) is 100 Å². The number of pyridine rings is 1. The van der Waals surface area contributed by atoms with E-state index < -0.39 is 29.6 Å². The van der Waals surface area contributed by atoms with Crippen molar-refractivity contribution in [1.82, 2.24) is 15.6 Å². The molecule has 2 aromatic carbocycles. The Morgan fingerprint density at radius 1 is 1.15 bits per heavy atom. The van der Waals surface area contributed by atoms with Crippen LogP contribution in [0.25, 0.3) is 5.57 Å². The molecule has 3 heterocycles. The van der Waals surface area contributed by atoms with Gasteiger partial charge in [-0.3, -0.25) is 4.79 Å². The number of amides is 3. The van der Waals surface area contributed by atoms with Gasteiger partial charge < -0.3 is 16.0 Å². The van der Waals surface area contributed by atoms with Crippen LogP contribution in [0.3, 0.4) is 0 Å². The summed E-state index contributed by atoms with van der Waals surface area (Å²) in [6.07, 6.45) is 4.90. The van der Waals surface area contributed by atoms with Gasteiger partial charge in [-0.25, -0.2) is 23.6 Å². The van der Waals surface area contributed by atoms with E-state index in [1.807, 2.05) is 36.4 Å². The molecule has 2 aliphatic rings. The quantitative estimate of drug-likeness (QED) is 0.423. The molecule has 3 amide bonds. The number of nitrogens with zero attached hydrogens (tertiary/aromatic N) is 4. The zero-order chi connectivity index (χ0) is 27.5. The number of dihydropyridines is 1. The minimum absolute atomic E-state index is 0.139. The van der Waals surface area contributed by atoms with Gasteiger partial charge in [-0.15, -0.1) is 0 Å². The van der Waals surface area contributed by atoms with Crippen LogP contribution in [-0.4, -0.2) is 35.0 Å². The average molecular weight is 526 g/mol. The Balaban J connectivity index is 1.28. The number of aromatic nitrogens is 1. The molecule has 2 aliphatic heterocycles. The average Bonchev–Trinajstić information content (AvgIpc) is 3.32. The summed E-state index contributed by atoms with van der Waals surface area (Å²) in [6, 6.07) is 13.1. The van der Waals surface area contributed by atoms with Crippen LogP contribution in [0, 0.1) is 23.0 Å². The van der Waals surface area contributed by atoms with Gasteiger partial charge in [-0.05, 0) is 53.5 Å². The molecule has 5 rings (SSSR count). The highest BCUT2D eigenvalue weighted by atomic mass is 19.2. The highest BCUT2D eigenvalue weighted by molar-refractivity contribution is 6.21. The third-order valence-electron chi connectivity index (χ3n) is 6.26. The van der Waals surface area contributed by atoms with E-state index >= 15 is 0 Å². The number of nitrogens with one attached hydrogen (secondary N) is 3. The number of aliphatic imine (C=N–C) groups is 2. The van der Waals surface area contributed by atoms with Gasteiger partial charge in [0.2, 0.25) is 0 Å². The number of hydrogen-bond donors (Lipinski definition) is 3. The number of nitriles is 1. The molecular weight excluding hydrogens is 504 g/mol. The molecule has 1 unspecified atom stereocenters. The second-order valence-electron chi connectivity index (χ2n) is 8.93. The van der Waals surface area contributed by atoms with Gasteiger partial charge >= 0.3 is 6.03 Å². The molecule has 0 saturated heterocycles. The van der Waals surface area contributed by atoms with Crippen molar-refractivity contribution in [3.8, 4) is 6.07 Å². The molecule has 0 aliphatic carbocycles. The molecule has 194 valence electrons. The highest BCUT2D eigenvalue weighted by Crippen LogP contribution is 2.22. The maximum Gasteiger partial charge on any atom is 0.343 e. The molecule has 3 aromatic rings. The first-order valence-electron chi connectivity index (χ1n) is 11.9. The summed E-state index contributed by atoms with van der Waals surface area (Å²) in [4.78, 5) is 36.8. The van der Waals surface area contributed by atoms with Crippen molar-refractivity contribution in [2.75, 3.05) is 5.32 Å². The smallest absolute Gasteiger partial charge is 0.343 e. The number of anilines is 1. The summed E-state index contributed by atoms with van der Waals surface area (Å²) in [7, 11) is 0. The van der Waals surface area contributed by atoms with Crippen LogP contribution in [0.5, 0.6) is 0 Å². The van der Waals surface area contributed by atoms with Gasteiger partial charge in [-0.1, -0.05) is 30.3 Å². The Bertz CT molecular complexity index is 1610. The third-order valence-corrected chi connectivity index (χ3v) is 6.26. The molecule has 0 spiro atoms. The largest absolute Gasteiger partial charge is 0.365 e. The number of urea groups is 1. The van der Waals surface area contributed by atoms with E-state index in [1.54, 1.807) is 13.1 Å². The topological polar surface area (TPSA) is 132 Å². The van der Waals surface area contributed by atoms with Gasteiger partial charge in [0.15, 0.2) is 17.5 Å². The van der Waals surface area contributed by atoms with E-state index in [1.165, 1.54) is 18.3 Å². The molecule has 0 bridgehead atoms. The van der Waals surface area contributed by atoms with E-state index in [2.05, 4.69) is 30.9 Å². The van der Waals surface area contributed by atoms with Gasteiger partial charge in [0.1, 0.15) is 17.9 Å². The molecule has 2 atom stereocenters. The molecule has 3 N–H and O–H groups in total. The number of fused-ring (bicyclic) bond motifs is 1. The van der Waals surface area contributed by atoms with E-state index in [0.717, 1.165) is 28.8 Å². The molecule has 0 fully saturated rings. The van der Waals surface area contributed by atoms with Crippen LogP contribution in [0.15, 0.2) is 70.8 Å². The monoisotopic (exact) mass is 525 g/mol. The number of hydrogen-bond acceptors (Lipinski definition) is 6. The summed E-state index contributed by atoms with van der Waals surface area (Å²) in [6.45, 7) is 1.97. The number of carbonyl (C=O) groups is 2. The molecule has 0 saturated carbocycles. The zero-order valence-electron chi connectivity index (χ0n) is 20.6. The predicted molar refractivity (Wildman–Crippen MR) is 141 cm³/mol. The summed E-state index contributed by atoms with van der Waals surface area (Å²) in [5.74, 6) is -1.80. The first-order chi connectivity index (χ1) is 18.8. The lowest BCUT2D eigenvalue weighted by molar-refractivity contribution is 0.0940. The minimum atomic E-state index is -1.01. The van der Waals surface area contributed by atoms with Crippen molar-refractivity contribution in [2.45, 2.75) is 25.6 Å². The molecule has 39 heavy (non-hydrogen) atoms. The van der Waals surface area contributed by atoms with Crippen molar-refractivity contribution in [3.63, 3.8) is 0 Å². The van der Waals surface area contributed by atoms with Crippen molar-refractivity contribution in [1.29, 1.82) is 5.26 Å². The number of benzene rings is 2. The second-order valence-corrected chi connectivity index (χ2v) is 8.93. The molecular formula is C28H21F2N7O2. The predicted octanol–water partition coefficient (Wildman–Crippen LogP) is 4.29. The minimum Gasteiger partial charge on any atom is -0.365 e. The maximum absolute atomic E-state index is 13.6. The molecule has 1 aromatic heterocycles.